The lowest BCUT2D eigenvalue weighted by atomic mass is 9.98. The lowest BCUT2D eigenvalue weighted by Gasteiger charge is -2.28. The van der Waals surface area contributed by atoms with Crippen LogP contribution in [-0.4, -0.2) is 0 Å². The average molecular weight is 1890 g/mol. The van der Waals surface area contributed by atoms with Crippen LogP contribution in [0.25, 0.3) is 213 Å². The second-order valence-corrected chi connectivity index (χ2v) is 40.4. The van der Waals surface area contributed by atoms with Crippen molar-refractivity contribution in [2.75, 3.05) is 14.7 Å². The molecule has 0 saturated carbocycles. The predicted molar refractivity (Wildman–Crippen MR) is 627 cm³/mol. The average Bonchev–Trinajstić information content (AvgIpc) is 1.47. The Balaban J connectivity index is 0.000000108. The second kappa shape index (κ2) is 36.4. The summed E-state index contributed by atoms with van der Waals surface area (Å²) in [6.07, 6.45) is 0. The fourth-order valence-electron chi connectivity index (χ4n) is 21.9. The lowest BCUT2D eigenvalue weighted by Crippen LogP contribution is -2.10. The van der Waals surface area contributed by atoms with Gasteiger partial charge >= 0.3 is 0 Å². The monoisotopic (exact) mass is 1880 g/mol. The van der Waals surface area contributed by atoms with Crippen molar-refractivity contribution in [3.05, 3.63) is 540 Å². The van der Waals surface area contributed by atoms with Gasteiger partial charge in [-0.2, -0.15) is 0 Å². The molecule has 0 aliphatic heterocycles. The van der Waals surface area contributed by atoms with Crippen LogP contribution in [-0.2, 0) is 0 Å². The predicted octanol–water partition coefficient (Wildman–Crippen LogP) is 41.3. The van der Waals surface area contributed by atoms with E-state index in [4.69, 9.17) is 0 Å². The van der Waals surface area contributed by atoms with Gasteiger partial charge in [-0.3, -0.25) is 0 Å². The number of fused-ring (bicyclic) bond motifs is 24. The highest BCUT2D eigenvalue weighted by Gasteiger charge is 2.25. The van der Waals surface area contributed by atoms with Crippen molar-refractivity contribution in [3.8, 4) is 55.6 Å². The van der Waals surface area contributed by atoms with Gasteiger partial charge in [0.25, 0.3) is 0 Å². The molecule has 3 aromatic heterocycles. The molecule has 0 unspecified atom stereocenters. The smallest absolute Gasteiger partial charge is 0.0540 e. The largest absolute Gasteiger partial charge is 0.310 e. The van der Waals surface area contributed by atoms with Gasteiger partial charge in [0.15, 0.2) is 0 Å². The van der Waals surface area contributed by atoms with Crippen molar-refractivity contribution < 1.29 is 0 Å². The summed E-state index contributed by atoms with van der Waals surface area (Å²) in [6, 6.07) is 197. The molecule has 0 N–H and O–H groups in total. The zero-order valence-corrected chi connectivity index (χ0v) is 80.9. The van der Waals surface area contributed by atoms with Gasteiger partial charge < -0.3 is 14.7 Å². The van der Waals surface area contributed by atoms with Gasteiger partial charge in [0, 0.05) is 127 Å². The van der Waals surface area contributed by atoms with Crippen LogP contribution in [0, 0.1) is 0 Å². The Bertz CT molecular complexity index is 10000. The zero-order valence-electron chi connectivity index (χ0n) is 78.5. The highest BCUT2D eigenvalue weighted by molar-refractivity contribution is 7.27. The van der Waals surface area contributed by atoms with E-state index in [0.717, 1.165) is 45.5 Å². The Hall–Kier alpha value is -17.9. The zero-order chi connectivity index (χ0) is 95.1. The summed E-state index contributed by atoms with van der Waals surface area (Å²) in [5.41, 5.74) is 22.4. The molecule has 6 heteroatoms. The van der Waals surface area contributed by atoms with Gasteiger partial charge in [0.2, 0.25) is 0 Å². The number of anilines is 9. The van der Waals surface area contributed by atoms with Gasteiger partial charge in [-0.05, 0) is 229 Å². The molecule has 3 nitrogen and oxygen atoms in total. The third-order valence-corrected chi connectivity index (χ3v) is 32.5. The van der Waals surface area contributed by atoms with E-state index in [2.05, 4.69) is 555 Å². The topological polar surface area (TPSA) is 9.72 Å². The van der Waals surface area contributed by atoms with Crippen molar-refractivity contribution in [2.24, 2.45) is 0 Å². The Kier molecular flexibility index (Phi) is 21.6. The maximum absolute atomic E-state index is 2.42. The third-order valence-electron chi connectivity index (χ3n) is 28.9. The van der Waals surface area contributed by atoms with E-state index in [0.29, 0.717) is 0 Å². The number of rotatable bonds is 14. The van der Waals surface area contributed by atoms with Crippen LogP contribution < -0.4 is 14.7 Å². The summed E-state index contributed by atoms with van der Waals surface area (Å²) in [5, 5.41) is 30.8. The number of thiophene rings is 3. The molecule has 144 heavy (non-hydrogen) atoms. The van der Waals surface area contributed by atoms with Crippen molar-refractivity contribution >= 4 is 243 Å². The van der Waals surface area contributed by atoms with Crippen LogP contribution in [0.15, 0.2) is 540 Å². The quantitative estimate of drug-likeness (QED) is 0.100. The van der Waals surface area contributed by atoms with Gasteiger partial charge in [-0.1, -0.05) is 431 Å². The molecule has 0 spiro atoms. The molecule has 0 radical (unpaired) electrons. The summed E-state index contributed by atoms with van der Waals surface area (Å²) < 4.78 is 8.09. The first-order valence-corrected chi connectivity index (χ1v) is 51.6. The van der Waals surface area contributed by atoms with E-state index in [1.54, 1.807) is 0 Å². The molecule has 29 aromatic rings. The van der Waals surface area contributed by atoms with Crippen LogP contribution in [0.2, 0.25) is 0 Å². The molecule has 674 valence electrons. The molecular formula is C138H89N3S3. The molecule has 0 aliphatic rings. The van der Waals surface area contributed by atoms with Crippen LogP contribution in [0.5, 0.6) is 0 Å². The van der Waals surface area contributed by atoms with Crippen molar-refractivity contribution in [3.63, 3.8) is 0 Å². The number of hydrogen-bond donors (Lipinski definition) is 0. The van der Waals surface area contributed by atoms with E-state index in [-0.39, 0.29) is 0 Å². The standard InChI is InChI=1S/2C48H31NS.C42H27NS/c1-2-10-32(11-3-1)33-20-22-34(23-21-33)37-14-8-15-39(30-37)49(45-18-9-13-35-12-4-5-16-41(35)45)40-27-29-42-38(31-40)25-24-36-26-28-44-43-17-6-7-19-46(43)50-48(44)47(36)42;1-2-9-32(10-3-1)33-17-19-34(20-18-33)35-23-26-39(27-24-35)49(45-15-8-12-36-11-4-5-13-41(36)45)40-28-30-42-38(31-40)22-21-37-25-29-44-43-14-6-7-16-46(43)50-48(44)47(37)42;1-2-10-28(11-3-1)31-14-8-15-33(26-31)43(39-18-9-13-29-12-4-5-16-35(29)39)34-23-25-36-32(27-34)21-20-30-22-24-38-37-17-6-7-19-40(37)44-42(38)41(30)36/h2*1-31H;1-27H. The second-order valence-electron chi connectivity index (χ2n) is 37.2. The van der Waals surface area contributed by atoms with E-state index in [1.807, 2.05) is 34.0 Å². The van der Waals surface area contributed by atoms with Crippen LogP contribution in [0.1, 0.15) is 0 Å². The molecule has 26 aromatic carbocycles. The van der Waals surface area contributed by atoms with E-state index < -0.39 is 0 Å². The normalized spacial score (nSPS) is 11.6. The molecule has 29 rings (SSSR count). The summed E-state index contributed by atoms with van der Waals surface area (Å²) >= 11 is 5.70. The molecule has 3 heterocycles. The van der Waals surface area contributed by atoms with Gasteiger partial charge in [-0.25, -0.2) is 0 Å². The van der Waals surface area contributed by atoms with E-state index in [1.165, 1.54) is 219 Å². The summed E-state index contributed by atoms with van der Waals surface area (Å²) in [7, 11) is 0. The van der Waals surface area contributed by atoms with Crippen LogP contribution >= 0.6 is 34.0 Å². The Morgan fingerprint density at radius 1 is 0.118 bits per heavy atom. The minimum atomic E-state index is 1.12. The minimum absolute atomic E-state index is 1.12. The number of nitrogens with zero attached hydrogens (tertiary/aromatic N) is 3. The first kappa shape index (κ1) is 85.3. The fourth-order valence-corrected chi connectivity index (χ4v) is 25.7. The number of benzene rings is 26. The molecule has 0 bridgehead atoms. The minimum Gasteiger partial charge on any atom is -0.310 e. The Labute approximate surface area is 846 Å². The number of hydrogen-bond acceptors (Lipinski definition) is 6. The first-order valence-electron chi connectivity index (χ1n) is 49.2. The lowest BCUT2D eigenvalue weighted by molar-refractivity contribution is 1.30. The molecule has 0 fully saturated rings. The summed E-state index contributed by atoms with van der Waals surface area (Å²) in [4.78, 5) is 7.25. The fraction of sp³-hybridized carbons (Fsp3) is 0. The van der Waals surface area contributed by atoms with Crippen molar-refractivity contribution in [2.45, 2.75) is 0 Å². The third kappa shape index (κ3) is 15.4. The van der Waals surface area contributed by atoms with Crippen LogP contribution in [0.3, 0.4) is 0 Å². The van der Waals surface area contributed by atoms with E-state index in [9.17, 15) is 0 Å². The van der Waals surface area contributed by atoms with Gasteiger partial charge in [0.1, 0.15) is 0 Å². The molecule has 0 saturated heterocycles. The van der Waals surface area contributed by atoms with Gasteiger partial charge in [0.05, 0.1) is 17.1 Å². The Morgan fingerprint density at radius 3 is 0.681 bits per heavy atom. The highest BCUT2D eigenvalue weighted by atomic mass is 32.1. The molecule has 0 aliphatic carbocycles. The summed E-state index contributed by atoms with van der Waals surface area (Å²) in [5.74, 6) is 0. The molecular weight excluding hydrogens is 1800 g/mol. The maximum atomic E-state index is 2.42. The maximum Gasteiger partial charge on any atom is 0.0540 e. The SMILES string of the molecule is c1ccc(-c2ccc(-c3ccc(N(c4ccc5c(ccc6ccc7c8ccccc8sc7c65)c4)c4cccc5ccccc45)cc3)cc2)cc1.c1ccc(-c2ccc(-c3cccc(N(c4ccc5c(ccc6ccc7c8ccccc8sc7c65)c4)c4cccc5ccccc45)c3)cc2)cc1.c1ccc(-c2cccc(N(c3ccc4c(ccc5ccc6c7ccccc7sc6c54)c3)c3cccc4ccccc34)c2)cc1. The molecule has 0 atom stereocenters. The molecule has 0 amide bonds. The van der Waals surface area contributed by atoms with Crippen LogP contribution in [0.4, 0.5) is 51.2 Å². The van der Waals surface area contributed by atoms with Crippen molar-refractivity contribution in [1.29, 1.82) is 0 Å². The van der Waals surface area contributed by atoms with E-state index >= 15 is 0 Å². The van der Waals surface area contributed by atoms with Gasteiger partial charge in [-0.15, -0.1) is 34.0 Å². The Morgan fingerprint density at radius 2 is 0.340 bits per heavy atom. The highest BCUT2D eigenvalue weighted by Crippen LogP contribution is 2.51. The first-order chi connectivity index (χ1) is 71.4. The summed E-state index contributed by atoms with van der Waals surface area (Å²) in [6.45, 7) is 0. The van der Waals surface area contributed by atoms with Crippen molar-refractivity contribution in [1.82, 2.24) is 0 Å².